The monoisotopic (exact) mass is 482 g/mol. The first-order valence-electron chi connectivity index (χ1n) is 4.37. The molecule has 0 aliphatic carbocycles. The van der Waals surface area contributed by atoms with E-state index in [1.807, 2.05) is 28.7 Å². The van der Waals surface area contributed by atoms with Crippen molar-refractivity contribution in [2.24, 2.45) is 0 Å². The van der Waals surface area contributed by atoms with Gasteiger partial charge in [-0.2, -0.15) is 8.42 Å². The van der Waals surface area contributed by atoms with E-state index in [0.29, 0.717) is 5.56 Å². The maximum atomic E-state index is 11.6. The summed E-state index contributed by atoms with van der Waals surface area (Å²) in [5.41, 5.74) is 0.382. The molecule has 0 spiro atoms. The third-order valence-corrected chi connectivity index (χ3v) is 4.02. The fourth-order valence-electron chi connectivity index (χ4n) is 0.971. The van der Waals surface area contributed by atoms with Crippen LogP contribution >= 0.6 is 45.2 Å². The molecule has 0 fully saturated rings. The van der Waals surface area contributed by atoms with Crippen LogP contribution in [0.2, 0.25) is 0 Å². The van der Waals surface area contributed by atoms with Gasteiger partial charge in [0.2, 0.25) is 0 Å². The van der Waals surface area contributed by atoms with Gasteiger partial charge in [-0.05, 0) is 63.4 Å². The number of halogens is 2. The van der Waals surface area contributed by atoms with Crippen LogP contribution in [0.15, 0.2) is 18.2 Å². The van der Waals surface area contributed by atoms with Crippen molar-refractivity contribution in [2.75, 3.05) is 12.4 Å². The number of ether oxygens (including phenoxy) is 1. The largest absolute Gasteiger partial charge is 0.461 e. The molecule has 0 unspecified atom stereocenters. The summed E-state index contributed by atoms with van der Waals surface area (Å²) in [6, 6.07) is 5.26. The van der Waals surface area contributed by atoms with Gasteiger partial charge in [0.15, 0.2) is 0 Å². The van der Waals surface area contributed by atoms with Crippen LogP contribution in [-0.2, 0) is 14.9 Å². The lowest BCUT2D eigenvalue weighted by molar-refractivity contribution is 0.0527. The Morgan fingerprint density at radius 1 is 1.35 bits per heavy atom. The van der Waals surface area contributed by atoms with E-state index >= 15 is 0 Å². The van der Waals surface area contributed by atoms with Crippen molar-refractivity contribution in [3.63, 3.8) is 0 Å². The molecule has 1 aromatic carbocycles. The summed E-state index contributed by atoms with van der Waals surface area (Å²) < 4.78 is 35.7. The van der Waals surface area contributed by atoms with Crippen molar-refractivity contribution in [1.82, 2.24) is 0 Å². The predicted molar refractivity (Wildman–Crippen MR) is 78.6 cm³/mol. The van der Waals surface area contributed by atoms with Crippen molar-refractivity contribution in [2.45, 2.75) is 0 Å². The number of hydrogen-bond acceptors (Lipinski definition) is 4. The van der Waals surface area contributed by atoms with Gasteiger partial charge in [-0.1, -0.05) is 0 Å². The third-order valence-electron chi connectivity index (χ3n) is 1.72. The predicted octanol–water partition coefficient (Wildman–Crippen LogP) is 1.94. The number of rotatable bonds is 4. The van der Waals surface area contributed by atoms with Crippen LogP contribution in [0.3, 0.4) is 0 Å². The van der Waals surface area contributed by atoms with E-state index in [-0.39, 0.29) is 6.61 Å². The number of esters is 1. The zero-order valence-electron chi connectivity index (χ0n) is 8.39. The topological polar surface area (TPSA) is 80.7 Å². The van der Waals surface area contributed by atoms with E-state index in [4.69, 9.17) is 9.29 Å². The van der Waals surface area contributed by atoms with Crippen molar-refractivity contribution in [1.29, 1.82) is 0 Å². The molecule has 0 radical (unpaired) electrons. The highest BCUT2D eigenvalue weighted by atomic mass is 127. The van der Waals surface area contributed by atoms with Gasteiger partial charge >= 0.3 is 5.97 Å². The Morgan fingerprint density at radius 3 is 2.59 bits per heavy atom. The summed E-state index contributed by atoms with van der Waals surface area (Å²) in [7, 11) is -4.10. The van der Waals surface area contributed by atoms with Crippen LogP contribution < -0.4 is 0 Å². The minimum Gasteiger partial charge on any atom is -0.461 e. The van der Waals surface area contributed by atoms with Crippen LogP contribution in [0.1, 0.15) is 10.4 Å². The summed E-state index contributed by atoms with van der Waals surface area (Å²) in [5.74, 6) is -1.20. The van der Waals surface area contributed by atoms with E-state index in [9.17, 15) is 13.2 Å². The fraction of sp³-hybridized carbons (Fsp3) is 0.222. The second kappa shape index (κ2) is 6.29. The quantitative estimate of drug-likeness (QED) is 0.404. The standard InChI is InChI=1S/C9H8I2O5S/c10-6-1-2-8(11)7(5-6)9(12)16-3-4-17(13,14)15/h1-2,5H,3-4H2,(H,13,14,15). The Bertz CT molecular complexity index is 526. The van der Waals surface area contributed by atoms with Gasteiger partial charge in [-0.15, -0.1) is 0 Å². The van der Waals surface area contributed by atoms with Crippen LogP contribution in [0, 0.1) is 7.14 Å². The molecule has 17 heavy (non-hydrogen) atoms. The molecule has 0 aliphatic heterocycles. The second-order valence-electron chi connectivity index (χ2n) is 3.05. The van der Waals surface area contributed by atoms with Crippen LogP contribution in [0.5, 0.6) is 0 Å². The first-order valence-corrected chi connectivity index (χ1v) is 8.13. The van der Waals surface area contributed by atoms with Gasteiger partial charge in [0.25, 0.3) is 10.1 Å². The van der Waals surface area contributed by atoms with E-state index in [0.717, 1.165) is 7.14 Å². The maximum absolute atomic E-state index is 11.6. The van der Waals surface area contributed by atoms with Gasteiger partial charge in [-0.25, -0.2) is 4.79 Å². The van der Waals surface area contributed by atoms with Crippen LogP contribution in [0.25, 0.3) is 0 Å². The molecule has 0 amide bonds. The Balaban J connectivity index is 2.67. The lowest BCUT2D eigenvalue weighted by Gasteiger charge is -2.05. The van der Waals surface area contributed by atoms with Gasteiger partial charge in [0, 0.05) is 7.14 Å². The van der Waals surface area contributed by atoms with Crippen molar-refractivity contribution < 1.29 is 22.5 Å². The highest BCUT2D eigenvalue weighted by Crippen LogP contribution is 2.16. The average Bonchev–Trinajstić information content (AvgIpc) is 2.19. The zero-order valence-corrected chi connectivity index (χ0v) is 13.5. The Labute approximate surface area is 126 Å². The Kier molecular flexibility index (Phi) is 5.60. The molecule has 0 aromatic heterocycles. The average molecular weight is 482 g/mol. The highest BCUT2D eigenvalue weighted by Gasteiger charge is 2.13. The van der Waals surface area contributed by atoms with Crippen LogP contribution in [0.4, 0.5) is 0 Å². The van der Waals surface area contributed by atoms with E-state index in [2.05, 4.69) is 22.6 Å². The molecule has 0 saturated carbocycles. The lowest BCUT2D eigenvalue weighted by Crippen LogP contribution is -2.15. The lowest BCUT2D eigenvalue weighted by atomic mass is 10.2. The van der Waals surface area contributed by atoms with Crippen LogP contribution in [-0.4, -0.2) is 31.3 Å². The molecule has 0 atom stereocenters. The molecule has 1 aromatic rings. The summed E-state index contributed by atoms with van der Waals surface area (Å²) in [5, 5.41) is 0. The minimum absolute atomic E-state index is 0.362. The summed E-state index contributed by atoms with van der Waals surface area (Å²) in [4.78, 5) is 11.6. The Hall–Kier alpha value is 0.0600. The van der Waals surface area contributed by atoms with E-state index in [1.54, 1.807) is 12.1 Å². The summed E-state index contributed by atoms with van der Waals surface area (Å²) in [6.07, 6.45) is 0. The number of hydrogen-bond donors (Lipinski definition) is 1. The van der Waals surface area contributed by atoms with E-state index < -0.39 is 21.8 Å². The first-order chi connectivity index (χ1) is 7.79. The summed E-state index contributed by atoms with van der Waals surface area (Å²) >= 11 is 4.05. The number of benzene rings is 1. The molecule has 94 valence electrons. The highest BCUT2D eigenvalue weighted by molar-refractivity contribution is 14.1. The van der Waals surface area contributed by atoms with E-state index in [1.165, 1.54) is 0 Å². The molecule has 0 saturated heterocycles. The maximum Gasteiger partial charge on any atom is 0.339 e. The molecule has 0 aliphatic rings. The molecular formula is C9H8I2O5S. The van der Waals surface area contributed by atoms with Gasteiger partial charge in [0.1, 0.15) is 12.4 Å². The minimum atomic E-state index is -4.10. The van der Waals surface area contributed by atoms with Gasteiger partial charge in [0.05, 0.1) is 5.56 Å². The van der Waals surface area contributed by atoms with Gasteiger partial charge in [-0.3, -0.25) is 4.55 Å². The Morgan fingerprint density at radius 2 is 2.00 bits per heavy atom. The molecule has 0 heterocycles. The van der Waals surface area contributed by atoms with Crippen molar-refractivity contribution in [3.05, 3.63) is 30.9 Å². The molecule has 0 bridgehead atoms. The normalized spacial score (nSPS) is 11.2. The number of carbonyl (C=O) groups excluding carboxylic acids is 1. The van der Waals surface area contributed by atoms with Crippen molar-refractivity contribution in [3.8, 4) is 0 Å². The first kappa shape index (κ1) is 15.1. The van der Waals surface area contributed by atoms with Gasteiger partial charge < -0.3 is 4.74 Å². The third kappa shape index (κ3) is 5.48. The smallest absolute Gasteiger partial charge is 0.339 e. The number of carbonyl (C=O) groups is 1. The SMILES string of the molecule is O=C(OCCS(=O)(=O)O)c1cc(I)ccc1I. The summed E-state index contributed by atoms with van der Waals surface area (Å²) in [6.45, 7) is -0.362. The zero-order chi connectivity index (χ0) is 13.1. The molecular weight excluding hydrogens is 474 g/mol. The molecule has 8 heteroatoms. The molecule has 5 nitrogen and oxygen atoms in total. The fourth-order valence-corrected chi connectivity index (χ4v) is 2.31. The molecule has 1 N–H and O–H groups in total. The van der Waals surface area contributed by atoms with Crippen molar-refractivity contribution >= 4 is 61.3 Å². The molecule has 1 rings (SSSR count). The second-order valence-corrected chi connectivity index (χ2v) is 7.03.